The first-order chi connectivity index (χ1) is 14.3. The second-order valence-corrected chi connectivity index (χ2v) is 8.35. The van der Waals surface area contributed by atoms with Crippen molar-refractivity contribution in [1.29, 1.82) is 0 Å². The minimum Gasteiger partial charge on any atom is -0.381 e. The van der Waals surface area contributed by atoms with Crippen molar-refractivity contribution in [1.82, 2.24) is 15.1 Å². The quantitative estimate of drug-likeness (QED) is 0.350. The maximum absolute atomic E-state index is 13.0. The molecule has 0 amide bonds. The van der Waals surface area contributed by atoms with Crippen molar-refractivity contribution >= 4 is 29.9 Å². The SMILES string of the molecule is CN=C(NCC1(c2ccccc2C)CCOCC1)N1CCN(C(C)C(F)(F)F)CC1.I. The molecule has 3 rings (SSSR count). The normalized spacial score (nSPS) is 21.4. The molecule has 2 fully saturated rings. The number of benzene rings is 1. The van der Waals surface area contributed by atoms with Crippen LogP contribution in [0, 0.1) is 6.92 Å². The highest BCUT2D eigenvalue weighted by Crippen LogP contribution is 2.36. The summed E-state index contributed by atoms with van der Waals surface area (Å²) in [7, 11) is 1.73. The molecule has 1 aromatic carbocycles. The second-order valence-electron chi connectivity index (χ2n) is 8.35. The van der Waals surface area contributed by atoms with Crippen molar-refractivity contribution < 1.29 is 17.9 Å². The molecular weight excluding hydrogens is 520 g/mol. The number of aryl methyl sites for hydroxylation is 1. The van der Waals surface area contributed by atoms with Gasteiger partial charge in [-0.25, -0.2) is 0 Å². The van der Waals surface area contributed by atoms with Gasteiger partial charge in [-0.2, -0.15) is 13.2 Å². The minimum absolute atomic E-state index is 0. The summed E-state index contributed by atoms with van der Waals surface area (Å²) in [5.41, 5.74) is 2.57. The lowest BCUT2D eigenvalue weighted by Crippen LogP contribution is -2.58. The number of piperazine rings is 1. The zero-order valence-electron chi connectivity index (χ0n) is 18.5. The molecule has 0 radical (unpaired) electrons. The Bertz CT molecular complexity index is 730. The van der Waals surface area contributed by atoms with Gasteiger partial charge in [0, 0.05) is 58.4 Å². The Labute approximate surface area is 200 Å². The van der Waals surface area contributed by atoms with Crippen molar-refractivity contribution in [2.45, 2.75) is 44.3 Å². The number of ether oxygens (including phenoxy) is 1. The Hall–Kier alpha value is -1.07. The lowest BCUT2D eigenvalue weighted by Gasteiger charge is -2.42. The third kappa shape index (κ3) is 6.25. The van der Waals surface area contributed by atoms with E-state index >= 15 is 0 Å². The topological polar surface area (TPSA) is 40.1 Å². The summed E-state index contributed by atoms with van der Waals surface area (Å²) in [4.78, 5) is 7.98. The predicted molar refractivity (Wildman–Crippen MR) is 128 cm³/mol. The van der Waals surface area contributed by atoms with Crippen molar-refractivity contribution in [3.05, 3.63) is 35.4 Å². The van der Waals surface area contributed by atoms with Gasteiger partial charge in [-0.05, 0) is 37.8 Å². The Kier molecular flexibility index (Phi) is 9.44. The fourth-order valence-corrected chi connectivity index (χ4v) is 4.58. The third-order valence-corrected chi connectivity index (χ3v) is 6.60. The van der Waals surface area contributed by atoms with E-state index in [1.165, 1.54) is 23.0 Å². The van der Waals surface area contributed by atoms with Gasteiger partial charge in [-0.3, -0.25) is 9.89 Å². The highest BCUT2D eigenvalue weighted by molar-refractivity contribution is 14.0. The van der Waals surface area contributed by atoms with Crippen LogP contribution in [0.15, 0.2) is 29.3 Å². The van der Waals surface area contributed by atoms with Crippen molar-refractivity contribution in [3.63, 3.8) is 0 Å². The molecule has 2 saturated heterocycles. The molecule has 9 heteroatoms. The van der Waals surface area contributed by atoms with Gasteiger partial charge in [0.05, 0.1) is 0 Å². The van der Waals surface area contributed by atoms with Crippen LogP contribution in [0.25, 0.3) is 0 Å². The maximum atomic E-state index is 13.0. The van der Waals surface area contributed by atoms with Crippen LogP contribution in [0.5, 0.6) is 0 Å². The smallest absolute Gasteiger partial charge is 0.381 e. The highest BCUT2D eigenvalue weighted by Gasteiger charge is 2.41. The number of aliphatic imine (C=N–C) groups is 1. The summed E-state index contributed by atoms with van der Waals surface area (Å²) >= 11 is 0. The van der Waals surface area contributed by atoms with E-state index in [4.69, 9.17) is 4.74 Å². The Morgan fingerprint density at radius 1 is 1.16 bits per heavy atom. The summed E-state index contributed by atoms with van der Waals surface area (Å²) in [5, 5.41) is 3.53. The molecule has 1 N–H and O–H groups in total. The molecule has 1 unspecified atom stereocenters. The van der Waals surface area contributed by atoms with Gasteiger partial charge < -0.3 is 15.0 Å². The van der Waals surface area contributed by atoms with E-state index in [0.29, 0.717) is 26.2 Å². The molecule has 1 atom stereocenters. The molecule has 5 nitrogen and oxygen atoms in total. The average Bonchev–Trinajstić information content (AvgIpc) is 2.74. The van der Waals surface area contributed by atoms with Crippen LogP contribution in [-0.2, 0) is 10.2 Å². The first-order valence-electron chi connectivity index (χ1n) is 10.7. The highest BCUT2D eigenvalue weighted by atomic mass is 127. The van der Waals surface area contributed by atoms with Crippen LogP contribution in [0.4, 0.5) is 13.2 Å². The number of guanidine groups is 1. The summed E-state index contributed by atoms with van der Waals surface area (Å²) in [5.74, 6) is 0.758. The van der Waals surface area contributed by atoms with Crippen LogP contribution in [0.1, 0.15) is 30.9 Å². The molecule has 0 aliphatic carbocycles. The summed E-state index contributed by atoms with van der Waals surface area (Å²) < 4.78 is 44.7. The first kappa shape index (κ1) is 26.2. The Balaban J connectivity index is 0.00000341. The van der Waals surface area contributed by atoms with Crippen molar-refractivity contribution in [3.8, 4) is 0 Å². The van der Waals surface area contributed by atoms with Crippen LogP contribution in [0.2, 0.25) is 0 Å². The van der Waals surface area contributed by atoms with E-state index < -0.39 is 12.2 Å². The minimum atomic E-state index is -4.19. The van der Waals surface area contributed by atoms with E-state index in [2.05, 4.69) is 46.4 Å². The van der Waals surface area contributed by atoms with E-state index in [1.54, 1.807) is 7.05 Å². The number of hydrogen-bond acceptors (Lipinski definition) is 3. The fourth-order valence-electron chi connectivity index (χ4n) is 4.58. The van der Waals surface area contributed by atoms with E-state index in [0.717, 1.165) is 38.6 Å². The van der Waals surface area contributed by atoms with E-state index in [-0.39, 0.29) is 29.4 Å². The lowest BCUT2D eigenvalue weighted by atomic mass is 9.72. The number of alkyl halides is 3. The van der Waals surface area contributed by atoms with Gasteiger partial charge in [0.1, 0.15) is 6.04 Å². The van der Waals surface area contributed by atoms with Crippen molar-refractivity contribution in [2.75, 3.05) is 53.0 Å². The molecule has 0 bridgehead atoms. The number of halogens is 4. The number of hydrogen-bond donors (Lipinski definition) is 1. The molecule has 0 spiro atoms. The summed E-state index contributed by atoms with van der Waals surface area (Å²) in [6.45, 7) is 7.36. The number of nitrogens with zero attached hydrogens (tertiary/aromatic N) is 3. The van der Waals surface area contributed by atoms with Crippen LogP contribution in [0.3, 0.4) is 0 Å². The standard InChI is InChI=1S/C22H33F3N4O.HI/c1-17-6-4-5-7-19(17)21(8-14-30-15-9-21)16-27-20(26-3)29-12-10-28(11-13-29)18(2)22(23,24)25;/h4-7,18H,8-16H2,1-3H3,(H,26,27);1H. The summed E-state index contributed by atoms with van der Waals surface area (Å²) in [6, 6.07) is 7.06. The Morgan fingerprint density at radius 2 is 1.77 bits per heavy atom. The lowest BCUT2D eigenvalue weighted by molar-refractivity contribution is -0.181. The van der Waals surface area contributed by atoms with Gasteiger partial charge in [0.25, 0.3) is 0 Å². The van der Waals surface area contributed by atoms with Crippen LogP contribution >= 0.6 is 24.0 Å². The molecular formula is C22H34F3IN4O. The van der Waals surface area contributed by atoms with Crippen LogP contribution < -0.4 is 5.32 Å². The molecule has 2 aliphatic rings. The maximum Gasteiger partial charge on any atom is 0.403 e. The van der Waals surface area contributed by atoms with E-state index in [9.17, 15) is 13.2 Å². The first-order valence-corrected chi connectivity index (χ1v) is 10.7. The molecule has 0 saturated carbocycles. The number of rotatable bonds is 4. The molecule has 31 heavy (non-hydrogen) atoms. The molecule has 176 valence electrons. The summed E-state index contributed by atoms with van der Waals surface area (Å²) in [6.07, 6.45) is -2.33. The fraction of sp³-hybridized carbons (Fsp3) is 0.682. The zero-order chi connectivity index (χ0) is 21.8. The zero-order valence-corrected chi connectivity index (χ0v) is 20.9. The van der Waals surface area contributed by atoms with Gasteiger partial charge >= 0.3 is 6.18 Å². The van der Waals surface area contributed by atoms with Crippen molar-refractivity contribution in [2.24, 2.45) is 4.99 Å². The second kappa shape index (κ2) is 11.2. The third-order valence-electron chi connectivity index (χ3n) is 6.60. The van der Waals surface area contributed by atoms with Gasteiger partial charge in [0.2, 0.25) is 0 Å². The monoisotopic (exact) mass is 554 g/mol. The molecule has 1 aromatic rings. The van der Waals surface area contributed by atoms with Crippen LogP contribution in [-0.4, -0.2) is 81.0 Å². The molecule has 2 aliphatic heterocycles. The largest absolute Gasteiger partial charge is 0.403 e. The molecule has 0 aromatic heterocycles. The number of nitrogens with one attached hydrogen (secondary N) is 1. The Morgan fingerprint density at radius 3 is 2.32 bits per heavy atom. The van der Waals surface area contributed by atoms with Gasteiger partial charge in [-0.1, -0.05) is 24.3 Å². The molecule has 2 heterocycles. The predicted octanol–water partition coefficient (Wildman–Crippen LogP) is 3.81. The van der Waals surface area contributed by atoms with Gasteiger partial charge in [-0.15, -0.1) is 24.0 Å². The van der Waals surface area contributed by atoms with Gasteiger partial charge in [0.15, 0.2) is 5.96 Å². The van der Waals surface area contributed by atoms with E-state index in [1.807, 2.05) is 0 Å². The average molecular weight is 554 g/mol.